The number of aromatic nitrogens is 4. The highest BCUT2D eigenvalue weighted by Crippen LogP contribution is 2.36. The molecule has 0 spiro atoms. The first-order chi connectivity index (χ1) is 25.3. The van der Waals surface area contributed by atoms with Crippen molar-refractivity contribution in [1.82, 2.24) is 19.9 Å². The first-order valence-corrected chi connectivity index (χ1v) is 17.5. The smallest absolute Gasteiger partial charge is 0.330 e. The first kappa shape index (κ1) is 32.7. The van der Waals surface area contributed by atoms with Gasteiger partial charge in [0.15, 0.2) is 0 Å². The summed E-state index contributed by atoms with van der Waals surface area (Å²) in [5.74, 6) is -0.378. The molecule has 52 heavy (non-hydrogen) atoms. The van der Waals surface area contributed by atoms with E-state index in [0.717, 1.165) is 83.8 Å². The molecule has 254 valence electrons. The van der Waals surface area contributed by atoms with Gasteiger partial charge in [0.2, 0.25) is 0 Å². The maximum absolute atomic E-state index is 12.7. The number of H-pyrrole nitrogens is 2. The molecule has 0 radical (unpaired) electrons. The van der Waals surface area contributed by atoms with Crippen LogP contribution >= 0.6 is 0 Å². The van der Waals surface area contributed by atoms with Gasteiger partial charge in [-0.25, -0.2) is 14.8 Å². The summed E-state index contributed by atoms with van der Waals surface area (Å²) in [6, 6.07) is 39.6. The number of hydrogen-bond acceptors (Lipinski definition) is 4. The van der Waals surface area contributed by atoms with E-state index < -0.39 is 5.60 Å². The van der Waals surface area contributed by atoms with E-state index in [2.05, 4.69) is 107 Å². The van der Waals surface area contributed by atoms with E-state index in [4.69, 9.17) is 14.7 Å². The average Bonchev–Trinajstić information content (AvgIpc) is 3.98. The van der Waals surface area contributed by atoms with Crippen molar-refractivity contribution in [1.29, 1.82) is 0 Å². The Kier molecular flexibility index (Phi) is 8.57. The van der Waals surface area contributed by atoms with Crippen molar-refractivity contribution in [3.63, 3.8) is 0 Å². The molecule has 6 nitrogen and oxygen atoms in total. The largest absolute Gasteiger partial charge is 0.457 e. The van der Waals surface area contributed by atoms with Gasteiger partial charge in [-0.15, -0.1) is 0 Å². The second-order valence-corrected chi connectivity index (χ2v) is 13.8. The molecule has 0 unspecified atom stereocenters. The Morgan fingerprint density at radius 2 is 0.942 bits per heavy atom. The molecule has 3 aromatic heterocycles. The minimum atomic E-state index is -0.577. The Balaban J connectivity index is 1.47. The van der Waals surface area contributed by atoms with Crippen LogP contribution in [0.2, 0.25) is 0 Å². The number of carbonyl (C=O) groups excluding carboxylic acids is 1. The Labute approximate surface area is 302 Å². The fraction of sp³-hybridized carbons (Fsp3) is 0.109. The molecule has 3 aromatic carbocycles. The van der Waals surface area contributed by atoms with Crippen LogP contribution in [-0.2, 0) is 16.0 Å². The molecular formula is C46H38N4O2. The molecule has 0 aliphatic carbocycles. The summed E-state index contributed by atoms with van der Waals surface area (Å²) in [7, 11) is 0. The minimum Gasteiger partial charge on any atom is -0.457 e. The molecule has 8 bridgehead atoms. The summed E-state index contributed by atoms with van der Waals surface area (Å²) in [5.41, 5.74) is 13.7. The Hall–Kier alpha value is -6.53. The molecule has 2 N–H and O–H groups in total. The van der Waals surface area contributed by atoms with Crippen molar-refractivity contribution >= 4 is 52.3 Å². The third-order valence-electron chi connectivity index (χ3n) is 9.03. The molecule has 6 heteroatoms. The maximum Gasteiger partial charge on any atom is 0.330 e. The van der Waals surface area contributed by atoms with E-state index >= 15 is 0 Å². The number of nitrogens with zero attached hydrogens (tertiary/aromatic N) is 2. The van der Waals surface area contributed by atoms with E-state index in [0.29, 0.717) is 6.42 Å². The molecule has 0 saturated heterocycles. The van der Waals surface area contributed by atoms with Crippen LogP contribution in [-0.4, -0.2) is 31.5 Å². The van der Waals surface area contributed by atoms with Crippen LogP contribution in [0.3, 0.4) is 0 Å². The molecule has 5 heterocycles. The molecule has 0 atom stereocenters. The van der Waals surface area contributed by atoms with Gasteiger partial charge in [-0.2, -0.15) is 0 Å². The summed E-state index contributed by atoms with van der Waals surface area (Å²) in [6.07, 6.45) is 12.2. The lowest BCUT2D eigenvalue weighted by Crippen LogP contribution is -2.22. The predicted octanol–water partition coefficient (Wildman–Crippen LogP) is 11.1. The Bertz CT molecular complexity index is 2510. The van der Waals surface area contributed by atoms with Crippen LogP contribution in [0.5, 0.6) is 0 Å². The van der Waals surface area contributed by atoms with Gasteiger partial charge < -0.3 is 14.7 Å². The number of esters is 1. The standard InChI is InChI=1S/C46H38N4O2/c1-46(2,3)52-42(51)21-13-20-33-34-22-24-36(47-34)43(30-14-7-4-8-15-30)38-26-28-40(49-38)45(32-18-11-6-12-19-32)41-29-27-39(50-41)44(31-16-9-5-10-17-31)37-25-23-35(33)48-37/h4-19,21-29,47,50H,20H2,1-3H3/b21-13+,34-33?,35-33?,43-36?,43-38?,44-37?,44-39?,45-40?,45-41?. The van der Waals surface area contributed by atoms with Crippen molar-refractivity contribution < 1.29 is 9.53 Å². The number of fused-ring (bicyclic) bond motifs is 8. The summed E-state index contributed by atoms with van der Waals surface area (Å²) in [5, 5.41) is 0. The van der Waals surface area contributed by atoms with Crippen molar-refractivity contribution in [2.75, 3.05) is 0 Å². The monoisotopic (exact) mass is 678 g/mol. The van der Waals surface area contributed by atoms with Gasteiger partial charge in [-0.05, 0) is 92.5 Å². The molecular weight excluding hydrogens is 641 g/mol. The zero-order chi connectivity index (χ0) is 35.7. The van der Waals surface area contributed by atoms with Crippen molar-refractivity contribution in [3.8, 4) is 33.4 Å². The number of nitrogens with one attached hydrogen (secondary N) is 2. The minimum absolute atomic E-state index is 0.378. The summed E-state index contributed by atoms with van der Waals surface area (Å²) < 4.78 is 5.56. The first-order valence-electron chi connectivity index (χ1n) is 17.5. The number of allylic oxidation sites excluding steroid dienone is 1. The highest BCUT2D eigenvalue weighted by molar-refractivity contribution is 5.97. The fourth-order valence-corrected chi connectivity index (χ4v) is 6.81. The predicted molar refractivity (Wildman–Crippen MR) is 214 cm³/mol. The van der Waals surface area contributed by atoms with Crippen molar-refractivity contribution in [3.05, 3.63) is 156 Å². The quantitative estimate of drug-likeness (QED) is 0.135. The number of aromatic amines is 2. The second kappa shape index (κ2) is 13.6. The third kappa shape index (κ3) is 6.66. The average molecular weight is 679 g/mol. The van der Waals surface area contributed by atoms with E-state index in [1.165, 1.54) is 6.08 Å². The van der Waals surface area contributed by atoms with Crippen LogP contribution in [0, 0.1) is 0 Å². The van der Waals surface area contributed by atoms with E-state index in [1.807, 2.05) is 69.3 Å². The van der Waals surface area contributed by atoms with Crippen LogP contribution in [0.1, 0.15) is 49.1 Å². The highest BCUT2D eigenvalue weighted by Gasteiger charge is 2.18. The van der Waals surface area contributed by atoms with Crippen LogP contribution in [0.15, 0.2) is 127 Å². The zero-order valence-corrected chi connectivity index (χ0v) is 29.4. The number of ether oxygens (including phenoxy) is 1. The maximum atomic E-state index is 12.7. The molecule has 6 aromatic rings. The number of rotatable bonds is 6. The molecule has 2 aliphatic rings. The molecule has 0 saturated carbocycles. The highest BCUT2D eigenvalue weighted by atomic mass is 16.6. The van der Waals surface area contributed by atoms with Gasteiger partial charge in [0, 0.05) is 50.4 Å². The van der Waals surface area contributed by atoms with Crippen molar-refractivity contribution in [2.24, 2.45) is 0 Å². The third-order valence-corrected chi connectivity index (χ3v) is 9.03. The molecule has 0 fully saturated rings. The summed E-state index contributed by atoms with van der Waals surface area (Å²) in [6.45, 7) is 5.60. The Morgan fingerprint density at radius 1 is 0.558 bits per heavy atom. The van der Waals surface area contributed by atoms with Gasteiger partial charge in [0.1, 0.15) is 5.60 Å². The lowest BCUT2D eigenvalue weighted by molar-refractivity contribution is -0.148. The number of benzene rings is 3. The lowest BCUT2D eigenvalue weighted by atomic mass is 10.0. The van der Waals surface area contributed by atoms with E-state index in [1.54, 1.807) is 0 Å². The summed E-state index contributed by atoms with van der Waals surface area (Å²) >= 11 is 0. The lowest BCUT2D eigenvalue weighted by Gasteiger charge is -2.17. The Morgan fingerprint density at radius 3 is 1.38 bits per heavy atom. The van der Waals surface area contributed by atoms with Crippen LogP contribution < -0.4 is 0 Å². The zero-order valence-electron chi connectivity index (χ0n) is 29.4. The number of carbonyl (C=O) groups is 1. The van der Waals surface area contributed by atoms with E-state index in [9.17, 15) is 4.79 Å². The van der Waals surface area contributed by atoms with E-state index in [-0.39, 0.29) is 5.97 Å². The van der Waals surface area contributed by atoms with Gasteiger partial charge in [0.25, 0.3) is 0 Å². The van der Waals surface area contributed by atoms with Gasteiger partial charge in [-0.3, -0.25) is 0 Å². The SMILES string of the molecule is CC(C)(C)OC(=O)/C=C/Cc1c2nc(c(-c3ccccc3)c3ccc([nH]3)c(-c3ccccc3)c3nc(c(-c4ccccc4)c4ccc1[nH]4)C=C3)C=C2. The van der Waals surface area contributed by atoms with Gasteiger partial charge in [0.05, 0.1) is 22.8 Å². The topological polar surface area (TPSA) is 83.7 Å². The van der Waals surface area contributed by atoms with Crippen LogP contribution in [0.4, 0.5) is 0 Å². The molecule has 0 amide bonds. The molecule has 2 aliphatic heterocycles. The van der Waals surface area contributed by atoms with Crippen molar-refractivity contribution in [2.45, 2.75) is 32.8 Å². The second-order valence-electron chi connectivity index (χ2n) is 13.8. The van der Waals surface area contributed by atoms with Gasteiger partial charge in [-0.1, -0.05) is 97.1 Å². The number of hydrogen-bond donors (Lipinski definition) is 2. The van der Waals surface area contributed by atoms with Crippen LogP contribution in [0.25, 0.3) is 79.8 Å². The molecule has 8 rings (SSSR count). The summed E-state index contributed by atoms with van der Waals surface area (Å²) in [4.78, 5) is 30.8. The normalized spacial score (nSPS) is 12.4. The fourth-order valence-electron chi connectivity index (χ4n) is 6.81. The van der Waals surface area contributed by atoms with Gasteiger partial charge >= 0.3 is 5.97 Å².